The van der Waals surface area contributed by atoms with Gasteiger partial charge in [0, 0.05) is 42.3 Å². The summed E-state index contributed by atoms with van der Waals surface area (Å²) in [6.45, 7) is 4.19. The highest BCUT2D eigenvalue weighted by atomic mass is 35.5. The highest BCUT2D eigenvalue weighted by molar-refractivity contribution is 6.30. The van der Waals surface area contributed by atoms with E-state index < -0.39 is 0 Å². The number of nitrogens with zero attached hydrogens (tertiary/aromatic N) is 3. The number of furan rings is 1. The SMILES string of the molecule is O=c1[nH]c(CN2CCN(c3cccc(Cl)c3)CC2)nc2c1oc1ccccc12. The summed E-state index contributed by atoms with van der Waals surface area (Å²) < 4.78 is 5.66. The van der Waals surface area contributed by atoms with Crippen LogP contribution in [0, 0.1) is 0 Å². The quantitative estimate of drug-likeness (QED) is 0.574. The van der Waals surface area contributed by atoms with E-state index in [1.165, 1.54) is 0 Å². The first-order valence-corrected chi connectivity index (χ1v) is 9.68. The number of hydrogen-bond donors (Lipinski definition) is 1. The van der Waals surface area contributed by atoms with E-state index >= 15 is 0 Å². The number of piperazine rings is 1. The summed E-state index contributed by atoms with van der Waals surface area (Å²) in [5.41, 5.74) is 2.52. The summed E-state index contributed by atoms with van der Waals surface area (Å²) in [6.07, 6.45) is 0. The zero-order chi connectivity index (χ0) is 19.1. The average molecular weight is 395 g/mol. The van der Waals surface area contributed by atoms with Crippen LogP contribution in [0.4, 0.5) is 5.69 Å². The number of para-hydroxylation sites is 1. The molecule has 5 rings (SSSR count). The Morgan fingerprint density at radius 1 is 1.07 bits per heavy atom. The Bertz CT molecular complexity index is 1210. The van der Waals surface area contributed by atoms with E-state index in [-0.39, 0.29) is 11.1 Å². The first-order chi connectivity index (χ1) is 13.7. The molecule has 6 nitrogen and oxygen atoms in total. The second-order valence-electron chi connectivity index (χ2n) is 7.03. The highest BCUT2D eigenvalue weighted by Gasteiger charge is 2.19. The van der Waals surface area contributed by atoms with Crippen LogP contribution in [-0.4, -0.2) is 41.0 Å². The first kappa shape index (κ1) is 17.3. The number of nitrogens with one attached hydrogen (secondary N) is 1. The van der Waals surface area contributed by atoms with Crippen LogP contribution in [0.15, 0.2) is 57.7 Å². The van der Waals surface area contributed by atoms with E-state index in [9.17, 15) is 4.79 Å². The van der Waals surface area contributed by atoms with E-state index in [0.29, 0.717) is 23.5 Å². The van der Waals surface area contributed by atoms with Gasteiger partial charge in [-0.1, -0.05) is 29.8 Å². The van der Waals surface area contributed by atoms with Gasteiger partial charge in [0.25, 0.3) is 5.56 Å². The molecule has 1 N–H and O–H groups in total. The van der Waals surface area contributed by atoms with Crippen LogP contribution < -0.4 is 10.5 Å². The van der Waals surface area contributed by atoms with Gasteiger partial charge in [-0.05, 0) is 30.3 Å². The second-order valence-corrected chi connectivity index (χ2v) is 7.47. The minimum atomic E-state index is -0.228. The number of aromatic nitrogens is 2. The number of H-pyrrole nitrogens is 1. The van der Waals surface area contributed by atoms with Gasteiger partial charge in [-0.15, -0.1) is 0 Å². The molecule has 0 saturated carbocycles. The zero-order valence-corrected chi connectivity index (χ0v) is 15.9. The van der Waals surface area contributed by atoms with Crippen molar-refractivity contribution in [3.63, 3.8) is 0 Å². The Balaban J connectivity index is 1.35. The fraction of sp³-hybridized carbons (Fsp3) is 0.238. The molecule has 0 amide bonds. The highest BCUT2D eigenvalue weighted by Crippen LogP contribution is 2.25. The van der Waals surface area contributed by atoms with Gasteiger partial charge in [0.05, 0.1) is 6.54 Å². The van der Waals surface area contributed by atoms with Crippen LogP contribution >= 0.6 is 11.6 Å². The maximum Gasteiger partial charge on any atom is 0.294 e. The molecule has 2 aromatic heterocycles. The van der Waals surface area contributed by atoms with Crippen LogP contribution in [-0.2, 0) is 6.54 Å². The third kappa shape index (κ3) is 3.15. The summed E-state index contributed by atoms with van der Waals surface area (Å²) in [5.74, 6) is 0.667. The predicted octanol–water partition coefficient (Wildman–Crippen LogP) is 3.64. The molecule has 0 atom stereocenters. The van der Waals surface area contributed by atoms with E-state index in [0.717, 1.165) is 42.3 Å². The van der Waals surface area contributed by atoms with Gasteiger partial charge in [-0.25, -0.2) is 4.98 Å². The number of fused-ring (bicyclic) bond motifs is 3. The summed E-state index contributed by atoms with van der Waals surface area (Å²) in [4.78, 5) is 24.6. The molecule has 0 aliphatic carbocycles. The summed E-state index contributed by atoms with van der Waals surface area (Å²) in [7, 11) is 0. The van der Waals surface area contributed by atoms with Gasteiger partial charge in [0.2, 0.25) is 5.58 Å². The molecule has 0 unspecified atom stereocenters. The molecular weight excluding hydrogens is 376 g/mol. The number of anilines is 1. The predicted molar refractivity (Wildman–Crippen MR) is 111 cm³/mol. The minimum absolute atomic E-state index is 0.228. The van der Waals surface area contributed by atoms with Gasteiger partial charge in [-0.3, -0.25) is 9.69 Å². The molecule has 1 aliphatic rings. The lowest BCUT2D eigenvalue weighted by atomic mass is 10.2. The van der Waals surface area contributed by atoms with Crippen molar-refractivity contribution in [2.75, 3.05) is 31.1 Å². The van der Waals surface area contributed by atoms with Crippen molar-refractivity contribution in [2.45, 2.75) is 6.54 Å². The fourth-order valence-corrected chi connectivity index (χ4v) is 3.96. The van der Waals surface area contributed by atoms with Crippen LogP contribution in [0.3, 0.4) is 0 Å². The second kappa shape index (κ2) is 6.96. The molecule has 1 saturated heterocycles. The Morgan fingerprint density at radius 2 is 1.89 bits per heavy atom. The zero-order valence-electron chi connectivity index (χ0n) is 15.2. The Morgan fingerprint density at radius 3 is 2.71 bits per heavy atom. The van der Waals surface area contributed by atoms with E-state index in [1.54, 1.807) is 0 Å². The van der Waals surface area contributed by atoms with E-state index in [2.05, 4.69) is 25.8 Å². The molecule has 1 fully saturated rings. The molecule has 0 spiro atoms. The van der Waals surface area contributed by atoms with Crippen LogP contribution in [0.1, 0.15) is 5.82 Å². The topological polar surface area (TPSA) is 65.4 Å². The number of benzene rings is 2. The summed E-state index contributed by atoms with van der Waals surface area (Å²) >= 11 is 6.11. The number of hydrogen-bond acceptors (Lipinski definition) is 5. The number of halogens is 1. The molecular formula is C21H19ClN4O2. The van der Waals surface area contributed by atoms with Crippen molar-refractivity contribution in [2.24, 2.45) is 0 Å². The van der Waals surface area contributed by atoms with Crippen LogP contribution in [0.2, 0.25) is 5.02 Å². The molecule has 1 aliphatic heterocycles. The van der Waals surface area contributed by atoms with Gasteiger partial charge >= 0.3 is 0 Å². The summed E-state index contributed by atoms with van der Waals surface area (Å²) in [6, 6.07) is 15.5. The summed E-state index contributed by atoms with van der Waals surface area (Å²) in [5, 5.41) is 1.62. The maximum atomic E-state index is 12.5. The normalized spacial score (nSPS) is 15.5. The Hall–Kier alpha value is -2.83. The van der Waals surface area contributed by atoms with E-state index in [4.69, 9.17) is 16.0 Å². The Labute approximate surface area is 166 Å². The van der Waals surface area contributed by atoms with Gasteiger partial charge < -0.3 is 14.3 Å². The average Bonchev–Trinajstić information content (AvgIpc) is 3.08. The van der Waals surface area contributed by atoms with Crippen LogP contribution in [0.25, 0.3) is 22.1 Å². The smallest absolute Gasteiger partial charge is 0.294 e. The molecule has 4 aromatic rings. The standard InChI is InChI=1S/C21H19ClN4O2/c22-14-4-3-5-15(12-14)26-10-8-25(9-11-26)13-18-23-19-16-6-1-2-7-17(16)28-20(19)21(27)24-18/h1-7,12H,8-11,13H2,(H,23,24,27). The Kier molecular flexibility index (Phi) is 4.30. The van der Waals surface area contributed by atoms with Crippen LogP contribution in [0.5, 0.6) is 0 Å². The lowest BCUT2D eigenvalue weighted by Crippen LogP contribution is -2.46. The van der Waals surface area contributed by atoms with Crippen molar-refractivity contribution in [1.29, 1.82) is 0 Å². The lowest BCUT2D eigenvalue weighted by molar-refractivity contribution is 0.244. The molecule has 0 radical (unpaired) electrons. The van der Waals surface area contributed by atoms with Gasteiger partial charge in [-0.2, -0.15) is 0 Å². The van der Waals surface area contributed by atoms with Crippen molar-refractivity contribution in [3.8, 4) is 0 Å². The largest absolute Gasteiger partial charge is 0.449 e. The molecule has 7 heteroatoms. The monoisotopic (exact) mass is 394 g/mol. The third-order valence-electron chi connectivity index (χ3n) is 5.20. The van der Waals surface area contributed by atoms with Crippen molar-refractivity contribution in [3.05, 3.63) is 69.7 Å². The minimum Gasteiger partial charge on any atom is -0.449 e. The number of aromatic amines is 1. The molecule has 3 heterocycles. The van der Waals surface area contributed by atoms with Crippen molar-refractivity contribution >= 4 is 39.4 Å². The third-order valence-corrected chi connectivity index (χ3v) is 5.43. The molecule has 2 aromatic carbocycles. The first-order valence-electron chi connectivity index (χ1n) is 9.31. The fourth-order valence-electron chi connectivity index (χ4n) is 3.77. The number of rotatable bonds is 3. The molecule has 28 heavy (non-hydrogen) atoms. The van der Waals surface area contributed by atoms with Crippen molar-refractivity contribution in [1.82, 2.24) is 14.9 Å². The van der Waals surface area contributed by atoms with Gasteiger partial charge in [0.1, 0.15) is 16.9 Å². The molecule has 0 bridgehead atoms. The molecule has 142 valence electrons. The van der Waals surface area contributed by atoms with Crippen molar-refractivity contribution < 1.29 is 4.42 Å². The lowest BCUT2D eigenvalue weighted by Gasteiger charge is -2.35. The maximum absolute atomic E-state index is 12.5. The van der Waals surface area contributed by atoms with E-state index in [1.807, 2.05) is 42.5 Å². The van der Waals surface area contributed by atoms with Gasteiger partial charge in [0.15, 0.2) is 0 Å².